The van der Waals surface area contributed by atoms with E-state index in [0.717, 1.165) is 19.0 Å². The maximum atomic E-state index is 13.3. The van der Waals surface area contributed by atoms with Crippen LogP contribution in [-0.2, 0) is 0 Å². The normalized spacial score (nSPS) is 15.1. The Kier molecular flexibility index (Phi) is 2.66. The van der Waals surface area contributed by atoms with Crippen LogP contribution in [0.2, 0.25) is 0 Å². The molecule has 1 amide bonds. The standard InChI is InChI=1S/C11H13FN2O/c1-2-14(8-3-4-8)11(15)9-5-6-13-7-10(9)12/h5-8H,2-4H2,1H3. The number of amides is 1. The van der Waals surface area contributed by atoms with Crippen LogP contribution < -0.4 is 0 Å². The summed E-state index contributed by atoms with van der Waals surface area (Å²) in [5.74, 6) is -0.762. The smallest absolute Gasteiger partial charge is 0.257 e. The molecule has 1 aromatic rings. The lowest BCUT2D eigenvalue weighted by molar-refractivity contribution is 0.0747. The van der Waals surface area contributed by atoms with Gasteiger partial charge in [0, 0.05) is 18.8 Å². The van der Waals surface area contributed by atoms with E-state index >= 15 is 0 Å². The Balaban J connectivity index is 2.22. The maximum absolute atomic E-state index is 13.3. The fourth-order valence-corrected chi connectivity index (χ4v) is 1.66. The summed E-state index contributed by atoms with van der Waals surface area (Å²) in [7, 11) is 0. The van der Waals surface area contributed by atoms with Crippen LogP contribution in [0, 0.1) is 5.82 Å². The topological polar surface area (TPSA) is 33.2 Å². The number of nitrogens with zero attached hydrogens (tertiary/aromatic N) is 2. The summed E-state index contributed by atoms with van der Waals surface area (Å²) in [6, 6.07) is 1.75. The summed E-state index contributed by atoms with van der Waals surface area (Å²) in [5, 5.41) is 0. The van der Waals surface area contributed by atoms with Gasteiger partial charge in [-0.25, -0.2) is 4.39 Å². The average Bonchev–Trinajstić information content (AvgIpc) is 3.03. The summed E-state index contributed by atoms with van der Waals surface area (Å²) < 4.78 is 13.3. The minimum Gasteiger partial charge on any atom is -0.336 e. The summed E-state index contributed by atoms with van der Waals surface area (Å²) in [5.41, 5.74) is 0.124. The number of carbonyl (C=O) groups excluding carboxylic acids is 1. The highest BCUT2D eigenvalue weighted by Gasteiger charge is 2.32. The van der Waals surface area contributed by atoms with Crippen molar-refractivity contribution >= 4 is 5.91 Å². The van der Waals surface area contributed by atoms with E-state index in [2.05, 4.69) is 4.98 Å². The molecule has 0 aromatic carbocycles. The van der Waals surface area contributed by atoms with E-state index in [4.69, 9.17) is 0 Å². The number of carbonyl (C=O) groups is 1. The molecule has 1 heterocycles. The van der Waals surface area contributed by atoms with E-state index in [9.17, 15) is 9.18 Å². The van der Waals surface area contributed by atoms with Gasteiger partial charge in [0.1, 0.15) is 0 Å². The zero-order valence-electron chi connectivity index (χ0n) is 8.61. The summed E-state index contributed by atoms with van der Waals surface area (Å²) in [6.45, 7) is 2.54. The molecule has 15 heavy (non-hydrogen) atoms. The molecule has 1 fully saturated rings. The van der Waals surface area contributed by atoms with Gasteiger partial charge in [0.25, 0.3) is 5.91 Å². The number of pyridine rings is 1. The van der Waals surface area contributed by atoms with E-state index in [1.165, 1.54) is 12.3 Å². The first-order valence-corrected chi connectivity index (χ1v) is 5.14. The van der Waals surface area contributed by atoms with Crippen LogP contribution in [0.25, 0.3) is 0 Å². The third-order valence-electron chi connectivity index (χ3n) is 2.59. The quantitative estimate of drug-likeness (QED) is 0.759. The van der Waals surface area contributed by atoms with Gasteiger partial charge in [-0.05, 0) is 25.8 Å². The molecule has 0 N–H and O–H groups in total. The van der Waals surface area contributed by atoms with Gasteiger partial charge < -0.3 is 4.90 Å². The lowest BCUT2D eigenvalue weighted by Gasteiger charge is -2.20. The van der Waals surface area contributed by atoms with Crippen molar-refractivity contribution in [1.82, 2.24) is 9.88 Å². The van der Waals surface area contributed by atoms with Crippen LogP contribution in [0.3, 0.4) is 0 Å². The molecule has 0 aliphatic heterocycles. The molecular formula is C11H13FN2O. The van der Waals surface area contributed by atoms with E-state index in [0.29, 0.717) is 12.6 Å². The Morgan fingerprint density at radius 1 is 1.67 bits per heavy atom. The Hall–Kier alpha value is -1.45. The van der Waals surface area contributed by atoms with Gasteiger partial charge in [-0.2, -0.15) is 0 Å². The second kappa shape index (κ2) is 3.96. The molecule has 1 aliphatic rings. The molecule has 0 atom stereocenters. The third kappa shape index (κ3) is 1.98. The lowest BCUT2D eigenvalue weighted by atomic mass is 10.2. The van der Waals surface area contributed by atoms with Crippen molar-refractivity contribution in [2.24, 2.45) is 0 Å². The van der Waals surface area contributed by atoms with Crippen LogP contribution in [0.4, 0.5) is 4.39 Å². The van der Waals surface area contributed by atoms with Gasteiger partial charge in [-0.1, -0.05) is 0 Å². The molecule has 3 nitrogen and oxygen atoms in total. The number of hydrogen-bond donors (Lipinski definition) is 0. The fourth-order valence-electron chi connectivity index (χ4n) is 1.66. The van der Waals surface area contributed by atoms with Crippen molar-refractivity contribution in [2.45, 2.75) is 25.8 Å². The Labute approximate surface area is 87.9 Å². The van der Waals surface area contributed by atoms with Crippen molar-refractivity contribution in [3.63, 3.8) is 0 Å². The molecule has 1 saturated carbocycles. The van der Waals surface area contributed by atoms with Gasteiger partial charge in [0.15, 0.2) is 5.82 Å². The third-order valence-corrected chi connectivity index (χ3v) is 2.59. The molecular weight excluding hydrogens is 195 g/mol. The van der Waals surface area contributed by atoms with Gasteiger partial charge in [0.05, 0.1) is 11.8 Å². The molecule has 80 valence electrons. The Morgan fingerprint density at radius 3 is 2.93 bits per heavy atom. The van der Waals surface area contributed by atoms with Crippen molar-refractivity contribution in [3.8, 4) is 0 Å². The summed E-state index contributed by atoms with van der Waals surface area (Å²) >= 11 is 0. The fraction of sp³-hybridized carbons (Fsp3) is 0.455. The van der Waals surface area contributed by atoms with E-state index in [1.54, 1.807) is 4.90 Å². The molecule has 1 aromatic heterocycles. The number of rotatable bonds is 3. The average molecular weight is 208 g/mol. The number of aromatic nitrogens is 1. The van der Waals surface area contributed by atoms with Crippen LogP contribution in [0.5, 0.6) is 0 Å². The minimum atomic E-state index is -0.540. The van der Waals surface area contributed by atoms with Gasteiger partial charge in [-0.3, -0.25) is 9.78 Å². The zero-order valence-corrected chi connectivity index (χ0v) is 8.61. The van der Waals surface area contributed by atoms with Crippen LogP contribution in [0.1, 0.15) is 30.1 Å². The molecule has 0 saturated heterocycles. The molecule has 1 aliphatic carbocycles. The Bertz CT molecular complexity index is 377. The Morgan fingerprint density at radius 2 is 2.40 bits per heavy atom. The maximum Gasteiger partial charge on any atom is 0.257 e. The highest BCUT2D eigenvalue weighted by atomic mass is 19.1. The number of hydrogen-bond acceptors (Lipinski definition) is 2. The number of halogens is 1. The molecule has 0 radical (unpaired) electrons. The van der Waals surface area contributed by atoms with Crippen LogP contribution in [-0.4, -0.2) is 28.4 Å². The van der Waals surface area contributed by atoms with Crippen molar-refractivity contribution in [2.75, 3.05) is 6.54 Å². The highest BCUT2D eigenvalue weighted by molar-refractivity contribution is 5.94. The largest absolute Gasteiger partial charge is 0.336 e. The van der Waals surface area contributed by atoms with Gasteiger partial charge in [-0.15, -0.1) is 0 Å². The molecule has 0 bridgehead atoms. The molecule has 0 spiro atoms. The van der Waals surface area contributed by atoms with E-state index < -0.39 is 5.82 Å². The van der Waals surface area contributed by atoms with Crippen molar-refractivity contribution < 1.29 is 9.18 Å². The first kappa shape index (κ1) is 10.1. The highest BCUT2D eigenvalue weighted by Crippen LogP contribution is 2.28. The van der Waals surface area contributed by atoms with E-state index in [1.807, 2.05) is 6.92 Å². The molecule has 0 unspecified atom stereocenters. The second-order valence-electron chi connectivity index (χ2n) is 3.68. The monoisotopic (exact) mass is 208 g/mol. The molecule has 4 heteroatoms. The SMILES string of the molecule is CCN(C(=O)c1ccncc1F)C1CC1. The van der Waals surface area contributed by atoms with Crippen LogP contribution >= 0.6 is 0 Å². The first-order valence-electron chi connectivity index (χ1n) is 5.14. The van der Waals surface area contributed by atoms with Crippen molar-refractivity contribution in [3.05, 3.63) is 29.8 Å². The first-order chi connectivity index (χ1) is 7.24. The predicted octanol–water partition coefficient (Wildman–Crippen LogP) is 1.85. The summed E-state index contributed by atoms with van der Waals surface area (Å²) in [4.78, 5) is 17.3. The zero-order chi connectivity index (χ0) is 10.8. The molecule has 2 rings (SSSR count). The van der Waals surface area contributed by atoms with Gasteiger partial charge >= 0.3 is 0 Å². The minimum absolute atomic E-state index is 0.124. The van der Waals surface area contributed by atoms with Crippen molar-refractivity contribution in [1.29, 1.82) is 0 Å². The van der Waals surface area contributed by atoms with E-state index in [-0.39, 0.29) is 11.5 Å². The lowest BCUT2D eigenvalue weighted by Crippen LogP contribution is -2.33. The predicted molar refractivity (Wildman–Crippen MR) is 53.9 cm³/mol. The summed E-state index contributed by atoms with van der Waals surface area (Å²) in [6.07, 6.45) is 4.59. The van der Waals surface area contributed by atoms with Crippen LogP contribution in [0.15, 0.2) is 18.5 Å². The second-order valence-corrected chi connectivity index (χ2v) is 3.68. The van der Waals surface area contributed by atoms with Gasteiger partial charge in [0.2, 0.25) is 0 Å².